The summed E-state index contributed by atoms with van der Waals surface area (Å²) >= 11 is 0. The molecule has 2 heteroatoms. The minimum absolute atomic E-state index is 0.0583. The van der Waals surface area contributed by atoms with Crippen LogP contribution >= 0.6 is 15.8 Å². The zero-order chi connectivity index (χ0) is 37.0. The molecule has 8 aromatic carbocycles. The number of hydrogen-bond acceptors (Lipinski definition) is 0. The van der Waals surface area contributed by atoms with Crippen LogP contribution < -0.4 is 0 Å². The second-order valence-electron chi connectivity index (χ2n) is 16.0. The molecule has 0 N–H and O–H groups in total. The Labute approximate surface area is 329 Å². The van der Waals surface area contributed by atoms with Gasteiger partial charge in [0.1, 0.15) is 0 Å². The molecule has 0 amide bonds. The van der Waals surface area contributed by atoms with Gasteiger partial charge < -0.3 is 0 Å². The Hall–Kier alpha value is -4.34. The Morgan fingerprint density at radius 1 is 0.382 bits per heavy atom. The second-order valence-corrected chi connectivity index (χ2v) is 22.2. The van der Waals surface area contributed by atoms with E-state index in [1.807, 2.05) is 0 Å². The molecule has 0 aromatic heterocycles. The molecule has 2 atom stereocenters. The molecule has 2 aliphatic heterocycles. The first-order valence-electron chi connectivity index (χ1n) is 20.6. The number of fused-ring (bicyclic) bond motifs is 4. The Morgan fingerprint density at radius 2 is 0.655 bits per heavy atom. The van der Waals surface area contributed by atoms with Crippen LogP contribution in [0.5, 0.6) is 0 Å². The lowest BCUT2D eigenvalue weighted by molar-refractivity contribution is 0.638. The topological polar surface area (TPSA) is 0 Å². The molecule has 2 saturated heterocycles. The maximum Gasteiger partial charge on any atom is 0.0422 e. The average molecular weight is 749 g/mol. The van der Waals surface area contributed by atoms with E-state index in [-0.39, 0.29) is 15.2 Å². The van der Waals surface area contributed by atoms with Crippen molar-refractivity contribution in [1.29, 1.82) is 0 Å². The Bertz CT molecular complexity index is 2320. The lowest BCUT2D eigenvalue weighted by Crippen LogP contribution is -2.39. The first-order valence-corrected chi connectivity index (χ1v) is 23.7. The van der Waals surface area contributed by atoms with Crippen LogP contribution in [0.15, 0.2) is 170 Å². The van der Waals surface area contributed by atoms with Crippen LogP contribution in [0.1, 0.15) is 74.6 Å². The third kappa shape index (κ3) is 5.17. The van der Waals surface area contributed by atoms with Gasteiger partial charge in [-0.15, -0.1) is 0 Å². The molecule has 0 bridgehead atoms. The van der Waals surface area contributed by atoms with Crippen molar-refractivity contribution in [2.45, 2.75) is 67.6 Å². The normalized spacial score (nSPS) is 19.5. The first kappa shape index (κ1) is 35.1. The van der Waals surface area contributed by atoms with Crippen LogP contribution in [-0.2, 0) is 10.3 Å². The fourth-order valence-electron chi connectivity index (χ4n) is 11.7. The van der Waals surface area contributed by atoms with Gasteiger partial charge in [-0.1, -0.05) is 200 Å². The standard InChI is InChI=1S/C53H50P2/c1-3-51(4-2,54-37-17-35-52(54,47-31-13-23-39-19-5-9-27-43(39)47)48-32-14-24-40-20-6-10-28-44(40)48)55-38-18-36-53(55,49-33-15-25-41-21-7-11-29-45(41)49)50-34-16-26-42-22-8-12-30-46(42)50/h5-16,19-34H,3-4,17-18,35-38H2,1-2H3. The van der Waals surface area contributed by atoms with E-state index >= 15 is 0 Å². The first-order chi connectivity index (χ1) is 27.2. The van der Waals surface area contributed by atoms with Crippen molar-refractivity contribution in [3.8, 4) is 0 Å². The van der Waals surface area contributed by atoms with E-state index in [4.69, 9.17) is 0 Å². The van der Waals surface area contributed by atoms with Crippen LogP contribution in [0.4, 0.5) is 0 Å². The highest BCUT2D eigenvalue weighted by Crippen LogP contribution is 2.88. The third-order valence-electron chi connectivity index (χ3n) is 13.8. The highest BCUT2D eigenvalue weighted by Gasteiger charge is 2.62. The van der Waals surface area contributed by atoms with Crippen LogP contribution in [0.25, 0.3) is 43.1 Å². The number of rotatable bonds is 8. The summed E-state index contributed by atoms with van der Waals surface area (Å²) in [6, 6.07) is 66.1. The molecular formula is C53H50P2. The summed E-state index contributed by atoms with van der Waals surface area (Å²) in [5, 5.41) is 11.1. The predicted octanol–water partition coefficient (Wildman–Crippen LogP) is 15.6. The SMILES string of the molecule is CCC(CC)(P1CCCC1(c1cccc2ccccc12)c1cccc2ccccc12)P1CCCC1(c1cccc2ccccc12)c1cccc2ccccc12. The van der Waals surface area contributed by atoms with Gasteiger partial charge >= 0.3 is 0 Å². The summed E-state index contributed by atoms with van der Waals surface area (Å²) < 4.78 is 0. The Kier molecular flexibility index (Phi) is 8.93. The quantitative estimate of drug-likeness (QED) is 0.136. The van der Waals surface area contributed by atoms with Crippen molar-refractivity contribution in [3.05, 3.63) is 192 Å². The molecule has 8 aromatic rings. The largest absolute Gasteiger partial charge is 0.0802 e. The summed E-state index contributed by atoms with van der Waals surface area (Å²) in [7, 11) is -1.09. The average Bonchev–Trinajstić information content (AvgIpc) is 3.91. The molecule has 2 unspecified atom stereocenters. The number of benzene rings is 8. The molecule has 2 aliphatic rings. The number of hydrogen-bond donors (Lipinski definition) is 0. The van der Waals surface area contributed by atoms with Gasteiger partial charge in [0.05, 0.1) is 0 Å². The zero-order valence-electron chi connectivity index (χ0n) is 32.2. The summed E-state index contributed by atoms with van der Waals surface area (Å²) in [5.74, 6) is 0. The molecule has 0 aliphatic carbocycles. The van der Waals surface area contributed by atoms with Crippen molar-refractivity contribution in [2.24, 2.45) is 0 Å². The van der Waals surface area contributed by atoms with E-state index in [0.717, 1.165) is 0 Å². The maximum absolute atomic E-state index is 2.60. The summed E-state index contributed by atoms with van der Waals surface area (Å²) in [4.78, 5) is 0.194. The maximum atomic E-state index is 2.60. The minimum Gasteiger partial charge on any atom is -0.0802 e. The predicted molar refractivity (Wildman–Crippen MR) is 243 cm³/mol. The van der Waals surface area contributed by atoms with Crippen molar-refractivity contribution < 1.29 is 0 Å². The molecule has 55 heavy (non-hydrogen) atoms. The van der Waals surface area contributed by atoms with Crippen molar-refractivity contribution in [2.75, 3.05) is 12.3 Å². The van der Waals surface area contributed by atoms with Crippen LogP contribution in [0.2, 0.25) is 0 Å². The van der Waals surface area contributed by atoms with Crippen molar-refractivity contribution >= 4 is 58.9 Å². The van der Waals surface area contributed by atoms with E-state index in [1.54, 1.807) is 22.3 Å². The fourth-order valence-corrected chi connectivity index (χ4v) is 22.8. The van der Waals surface area contributed by atoms with Gasteiger partial charge in [-0.3, -0.25) is 0 Å². The Balaban J connectivity index is 1.30. The van der Waals surface area contributed by atoms with Crippen LogP contribution in [-0.4, -0.2) is 17.2 Å². The minimum atomic E-state index is -0.547. The van der Waals surface area contributed by atoms with Crippen LogP contribution in [0, 0.1) is 0 Å². The molecular weight excluding hydrogens is 699 g/mol. The summed E-state index contributed by atoms with van der Waals surface area (Å²) in [5.41, 5.74) is 6.30. The smallest absolute Gasteiger partial charge is 0.0422 e. The fraction of sp³-hybridized carbons (Fsp3) is 0.245. The highest BCUT2D eigenvalue weighted by atomic mass is 31.2. The molecule has 0 radical (unpaired) electrons. The van der Waals surface area contributed by atoms with E-state index in [9.17, 15) is 0 Å². The van der Waals surface area contributed by atoms with Gasteiger partial charge in [-0.05, 0) is 116 Å². The van der Waals surface area contributed by atoms with E-state index in [0.29, 0.717) is 0 Å². The van der Waals surface area contributed by atoms with Gasteiger partial charge in [-0.25, -0.2) is 0 Å². The van der Waals surface area contributed by atoms with Crippen LogP contribution in [0.3, 0.4) is 0 Å². The second kappa shape index (κ2) is 14.0. The van der Waals surface area contributed by atoms with E-state index < -0.39 is 15.8 Å². The van der Waals surface area contributed by atoms with Gasteiger partial charge in [0.2, 0.25) is 0 Å². The van der Waals surface area contributed by atoms with Gasteiger partial charge in [0.25, 0.3) is 0 Å². The third-order valence-corrected chi connectivity index (χ3v) is 23.3. The molecule has 2 fully saturated rings. The highest BCUT2D eigenvalue weighted by molar-refractivity contribution is 7.79. The lowest BCUT2D eigenvalue weighted by Gasteiger charge is -2.57. The van der Waals surface area contributed by atoms with E-state index in [1.165, 1.54) is 93.9 Å². The summed E-state index contributed by atoms with van der Waals surface area (Å²) in [6.45, 7) is 5.19. The van der Waals surface area contributed by atoms with Gasteiger partial charge in [-0.2, -0.15) is 0 Å². The van der Waals surface area contributed by atoms with Gasteiger partial charge in [0, 0.05) is 15.2 Å². The van der Waals surface area contributed by atoms with Crippen molar-refractivity contribution in [3.63, 3.8) is 0 Å². The van der Waals surface area contributed by atoms with Crippen molar-refractivity contribution in [1.82, 2.24) is 0 Å². The zero-order valence-corrected chi connectivity index (χ0v) is 34.0. The summed E-state index contributed by atoms with van der Waals surface area (Å²) in [6.07, 6.45) is 10.1. The molecule has 2 heterocycles. The molecule has 0 spiro atoms. The Morgan fingerprint density at radius 3 is 0.945 bits per heavy atom. The molecule has 0 nitrogen and oxygen atoms in total. The lowest BCUT2D eigenvalue weighted by atomic mass is 9.82. The van der Waals surface area contributed by atoms with Gasteiger partial charge in [0.15, 0.2) is 0 Å². The molecule has 10 rings (SSSR count). The monoisotopic (exact) mass is 748 g/mol. The molecule has 0 saturated carbocycles. The van der Waals surface area contributed by atoms with E-state index in [2.05, 4.69) is 184 Å². The molecule has 272 valence electrons.